The number of allylic oxidation sites excluding steroid dienone is 2. The van der Waals surface area contributed by atoms with Gasteiger partial charge in [-0.15, -0.1) is 11.3 Å². The summed E-state index contributed by atoms with van der Waals surface area (Å²) in [7, 11) is -3.52. The number of hydrogen-bond acceptors (Lipinski definition) is 5. The van der Waals surface area contributed by atoms with Crippen molar-refractivity contribution in [3.8, 4) is 0 Å². The van der Waals surface area contributed by atoms with E-state index in [1.54, 1.807) is 22.4 Å². The summed E-state index contributed by atoms with van der Waals surface area (Å²) in [4.78, 5) is 26.2. The Morgan fingerprint density at radius 2 is 1.67 bits per heavy atom. The molecule has 1 amide bonds. The van der Waals surface area contributed by atoms with E-state index < -0.39 is 27.8 Å². The third-order valence-corrected chi connectivity index (χ3v) is 8.81. The lowest BCUT2D eigenvalue weighted by atomic mass is 9.76. The predicted molar refractivity (Wildman–Crippen MR) is 102 cm³/mol. The van der Waals surface area contributed by atoms with E-state index in [0.717, 1.165) is 11.1 Å². The summed E-state index contributed by atoms with van der Waals surface area (Å²) >= 11 is 1.18. The highest BCUT2D eigenvalue weighted by Gasteiger charge is 2.40. The van der Waals surface area contributed by atoms with Crippen LogP contribution in [0.15, 0.2) is 32.9 Å². The van der Waals surface area contributed by atoms with Crippen LogP contribution in [0.5, 0.6) is 0 Å². The molecule has 1 aromatic rings. The van der Waals surface area contributed by atoms with Gasteiger partial charge in [0.15, 0.2) is 0 Å². The summed E-state index contributed by atoms with van der Waals surface area (Å²) in [6.07, 6.45) is 0.847. The molecule has 2 aliphatic rings. The van der Waals surface area contributed by atoms with Crippen LogP contribution < -0.4 is 0 Å². The van der Waals surface area contributed by atoms with Crippen molar-refractivity contribution in [2.75, 3.05) is 26.2 Å². The maximum atomic E-state index is 13.0. The highest BCUT2D eigenvalue weighted by molar-refractivity contribution is 7.91. The van der Waals surface area contributed by atoms with Gasteiger partial charge in [0.2, 0.25) is 5.91 Å². The molecular formula is C18H24N2O5S2. The maximum Gasteiger partial charge on any atom is 0.307 e. The van der Waals surface area contributed by atoms with Gasteiger partial charge in [0.05, 0.1) is 11.8 Å². The fourth-order valence-electron chi connectivity index (χ4n) is 3.73. The van der Waals surface area contributed by atoms with Crippen molar-refractivity contribution in [2.45, 2.75) is 30.9 Å². The van der Waals surface area contributed by atoms with Gasteiger partial charge in [-0.1, -0.05) is 17.2 Å². The number of amides is 1. The standard InChI is InChI=1S/C18H24N2O5S2/c1-12-10-14(15(18(22)23)11-13(12)2)17(21)19-5-7-20(8-6-19)27(24,25)16-4-3-9-26-16/h3-4,9,14-15H,5-8,10-11H2,1-2H3,(H,22,23)/t14-,15+/m1/s1. The number of thiophene rings is 1. The number of carbonyl (C=O) groups is 2. The molecule has 2 atom stereocenters. The van der Waals surface area contributed by atoms with E-state index in [1.807, 2.05) is 13.8 Å². The zero-order valence-electron chi connectivity index (χ0n) is 15.4. The van der Waals surface area contributed by atoms with E-state index in [4.69, 9.17) is 0 Å². The summed E-state index contributed by atoms with van der Waals surface area (Å²) < 4.78 is 26.9. The Bertz CT molecular complexity index is 852. The Hall–Kier alpha value is -1.71. The molecule has 0 saturated carbocycles. The topological polar surface area (TPSA) is 95.0 Å². The molecule has 27 heavy (non-hydrogen) atoms. The van der Waals surface area contributed by atoms with Crippen LogP contribution in [0.25, 0.3) is 0 Å². The molecule has 7 nitrogen and oxygen atoms in total. The SMILES string of the molecule is CC1=C(C)C[C@@H](C(=O)N2CCN(S(=O)(=O)c3cccs3)CC2)[C@@H](C(=O)O)C1. The zero-order chi connectivity index (χ0) is 19.8. The lowest BCUT2D eigenvalue weighted by Gasteiger charge is -2.38. The predicted octanol–water partition coefficient (Wildman–Crippen LogP) is 2.03. The quantitative estimate of drug-likeness (QED) is 0.764. The number of hydrogen-bond donors (Lipinski definition) is 1. The number of piperazine rings is 1. The average molecular weight is 413 g/mol. The molecule has 0 radical (unpaired) electrons. The summed E-state index contributed by atoms with van der Waals surface area (Å²) in [5, 5.41) is 11.3. The van der Waals surface area contributed by atoms with Crippen molar-refractivity contribution in [1.29, 1.82) is 0 Å². The third kappa shape index (κ3) is 3.95. The first kappa shape index (κ1) is 20.0. The molecule has 0 aromatic carbocycles. The summed E-state index contributed by atoms with van der Waals surface area (Å²) in [5.41, 5.74) is 2.11. The van der Waals surface area contributed by atoms with Crippen molar-refractivity contribution < 1.29 is 23.1 Å². The molecule has 0 unspecified atom stereocenters. The lowest BCUT2D eigenvalue weighted by molar-refractivity contribution is -0.151. The first-order valence-corrected chi connectivity index (χ1v) is 11.2. The zero-order valence-corrected chi connectivity index (χ0v) is 17.1. The van der Waals surface area contributed by atoms with E-state index >= 15 is 0 Å². The van der Waals surface area contributed by atoms with Crippen LogP contribution in [0, 0.1) is 11.8 Å². The van der Waals surface area contributed by atoms with Crippen molar-refractivity contribution >= 4 is 33.2 Å². The third-order valence-electron chi connectivity index (χ3n) is 5.54. The first-order valence-electron chi connectivity index (χ1n) is 8.92. The second-order valence-electron chi connectivity index (χ2n) is 7.18. The van der Waals surface area contributed by atoms with Gasteiger partial charge >= 0.3 is 5.97 Å². The molecule has 0 spiro atoms. The lowest BCUT2D eigenvalue weighted by Crippen LogP contribution is -2.53. The number of aliphatic carboxylic acids is 1. The van der Waals surface area contributed by atoms with E-state index in [-0.39, 0.29) is 32.1 Å². The summed E-state index contributed by atoms with van der Waals surface area (Å²) in [6, 6.07) is 3.28. The molecule has 148 valence electrons. The van der Waals surface area contributed by atoms with Gasteiger partial charge in [0.1, 0.15) is 4.21 Å². The van der Waals surface area contributed by atoms with E-state index in [0.29, 0.717) is 17.1 Å². The minimum absolute atomic E-state index is 0.178. The fraction of sp³-hybridized carbons (Fsp3) is 0.556. The number of rotatable bonds is 4. The van der Waals surface area contributed by atoms with Crippen LogP contribution in [0.1, 0.15) is 26.7 Å². The Morgan fingerprint density at radius 3 is 2.19 bits per heavy atom. The second-order valence-corrected chi connectivity index (χ2v) is 10.3. The highest BCUT2D eigenvalue weighted by atomic mass is 32.2. The van der Waals surface area contributed by atoms with Gasteiger partial charge in [-0.05, 0) is 38.1 Å². The fourth-order valence-corrected chi connectivity index (χ4v) is 6.30. The number of carboxylic acids is 1. The van der Waals surface area contributed by atoms with Gasteiger partial charge in [0, 0.05) is 26.2 Å². The van der Waals surface area contributed by atoms with Crippen molar-refractivity contribution in [3.05, 3.63) is 28.7 Å². The molecule has 1 saturated heterocycles. The number of carboxylic acid groups (broad SMARTS) is 1. The van der Waals surface area contributed by atoms with Crippen LogP contribution in [0.2, 0.25) is 0 Å². The monoisotopic (exact) mass is 412 g/mol. The molecule has 1 aliphatic heterocycles. The van der Waals surface area contributed by atoms with Crippen LogP contribution in [0.4, 0.5) is 0 Å². The molecule has 2 heterocycles. The Kier molecular flexibility index (Phi) is 5.73. The van der Waals surface area contributed by atoms with Gasteiger partial charge in [-0.3, -0.25) is 9.59 Å². The highest BCUT2D eigenvalue weighted by Crippen LogP contribution is 2.35. The molecule has 9 heteroatoms. The van der Waals surface area contributed by atoms with E-state index in [2.05, 4.69) is 0 Å². The van der Waals surface area contributed by atoms with Crippen molar-refractivity contribution in [2.24, 2.45) is 11.8 Å². The van der Waals surface area contributed by atoms with Crippen molar-refractivity contribution in [1.82, 2.24) is 9.21 Å². The molecule has 1 aromatic heterocycles. The van der Waals surface area contributed by atoms with Gasteiger partial charge in [-0.25, -0.2) is 8.42 Å². The summed E-state index contributed by atoms with van der Waals surface area (Å²) in [6.45, 7) is 4.88. The maximum absolute atomic E-state index is 13.0. The van der Waals surface area contributed by atoms with E-state index in [1.165, 1.54) is 15.6 Å². The largest absolute Gasteiger partial charge is 0.481 e. The smallest absolute Gasteiger partial charge is 0.307 e. The molecule has 1 fully saturated rings. The van der Waals surface area contributed by atoms with Crippen LogP contribution in [-0.4, -0.2) is 60.8 Å². The average Bonchev–Trinajstić information content (AvgIpc) is 3.18. The van der Waals surface area contributed by atoms with Gasteiger partial charge in [-0.2, -0.15) is 4.31 Å². The number of nitrogens with zero attached hydrogens (tertiary/aromatic N) is 2. The minimum Gasteiger partial charge on any atom is -0.481 e. The molecule has 3 rings (SSSR count). The van der Waals surface area contributed by atoms with Crippen LogP contribution >= 0.6 is 11.3 Å². The molecular weight excluding hydrogens is 388 g/mol. The molecule has 1 N–H and O–H groups in total. The molecule has 1 aliphatic carbocycles. The first-order chi connectivity index (χ1) is 12.7. The second kappa shape index (κ2) is 7.73. The Balaban J connectivity index is 1.69. The minimum atomic E-state index is -3.52. The Labute approximate surface area is 163 Å². The van der Waals surface area contributed by atoms with Crippen molar-refractivity contribution in [3.63, 3.8) is 0 Å². The van der Waals surface area contributed by atoms with E-state index in [9.17, 15) is 23.1 Å². The molecule has 0 bridgehead atoms. The number of sulfonamides is 1. The normalized spacial score (nSPS) is 24.9. The van der Waals surface area contributed by atoms with Gasteiger partial charge in [0.25, 0.3) is 10.0 Å². The Morgan fingerprint density at radius 1 is 1.07 bits per heavy atom. The van der Waals surface area contributed by atoms with Crippen LogP contribution in [0.3, 0.4) is 0 Å². The van der Waals surface area contributed by atoms with Crippen LogP contribution in [-0.2, 0) is 19.6 Å². The van der Waals surface area contributed by atoms with Gasteiger partial charge < -0.3 is 10.0 Å². The summed E-state index contributed by atoms with van der Waals surface area (Å²) in [5.74, 6) is -2.41. The number of carbonyl (C=O) groups excluding carboxylic acids is 1.